The summed E-state index contributed by atoms with van der Waals surface area (Å²) in [5.41, 5.74) is 2.22. The summed E-state index contributed by atoms with van der Waals surface area (Å²) >= 11 is 0. The first-order valence-corrected chi connectivity index (χ1v) is 22.8. The van der Waals surface area contributed by atoms with E-state index in [4.69, 9.17) is 18.9 Å². The number of likely N-dealkylation sites (tertiary alicyclic amines) is 2. The van der Waals surface area contributed by atoms with Crippen molar-refractivity contribution in [3.8, 4) is 0 Å². The van der Waals surface area contributed by atoms with E-state index in [1.807, 2.05) is 83.1 Å². The molecule has 0 saturated carbocycles. The minimum Gasteiger partial charge on any atom is -0.460 e. The van der Waals surface area contributed by atoms with Gasteiger partial charge in [-0.2, -0.15) is 0 Å². The van der Waals surface area contributed by atoms with Crippen LogP contribution in [0.1, 0.15) is 118 Å². The average molecular weight is 861 g/mol. The average Bonchev–Trinajstić information content (AvgIpc) is 3.83. The smallest absolute Gasteiger partial charge is 0.410 e. The Hall–Kier alpha value is -4.16. The second-order valence-corrected chi connectivity index (χ2v) is 21.8. The number of esters is 2. The van der Waals surface area contributed by atoms with Crippen molar-refractivity contribution < 1.29 is 38.1 Å². The number of carbonyl (C=O) groups excluding carboxylic acids is 4. The number of benzene rings is 2. The quantitative estimate of drug-likeness (QED) is 0.152. The molecule has 0 radical (unpaired) electrons. The Balaban J connectivity index is 1.17. The zero-order valence-electron chi connectivity index (χ0n) is 39.9. The van der Waals surface area contributed by atoms with Crippen LogP contribution in [-0.2, 0) is 54.5 Å². The molecule has 2 amide bonds. The molecule has 0 bridgehead atoms. The van der Waals surface area contributed by atoms with Crippen LogP contribution in [0, 0.1) is 23.7 Å². The van der Waals surface area contributed by atoms with E-state index in [-0.39, 0.29) is 47.8 Å². The summed E-state index contributed by atoms with van der Waals surface area (Å²) < 4.78 is 23.2. The molecule has 344 valence electrons. The lowest BCUT2D eigenvalue weighted by Crippen LogP contribution is -2.45. The van der Waals surface area contributed by atoms with E-state index in [2.05, 4.69) is 58.3 Å². The molecule has 4 atom stereocenters. The third-order valence-electron chi connectivity index (χ3n) is 11.5. The van der Waals surface area contributed by atoms with Gasteiger partial charge in [0.15, 0.2) is 0 Å². The van der Waals surface area contributed by atoms with Gasteiger partial charge >= 0.3 is 24.1 Å². The standard InChI is InChI=1S/C50H76N4O8/c1-47(2,3)59-43(55)41(39-19-21-53(33-39)45(57)61-49(7,8)9)29-35-15-13-17-37(27-35)31-51-23-25-52(26-24-51)32-38-18-14-16-36(28-38)30-42(44(56)60-48(4,5)6)40-20-22-54(34-40)46(58)62-50(10,11)12/h13-18,27-28,39-42H,19-26,29-34H2,1-12H3/t39-,40+,41-,42-/m0/s1. The van der Waals surface area contributed by atoms with Gasteiger partial charge in [-0.3, -0.25) is 19.4 Å². The van der Waals surface area contributed by atoms with Crippen molar-refractivity contribution in [3.05, 3.63) is 70.8 Å². The monoisotopic (exact) mass is 861 g/mol. The Kier molecular flexibility index (Phi) is 15.9. The molecular formula is C50H76N4O8. The minimum atomic E-state index is -0.611. The van der Waals surface area contributed by atoms with Crippen molar-refractivity contribution in [3.63, 3.8) is 0 Å². The highest BCUT2D eigenvalue weighted by Crippen LogP contribution is 2.33. The predicted octanol–water partition coefficient (Wildman–Crippen LogP) is 8.52. The molecule has 2 aromatic carbocycles. The summed E-state index contributed by atoms with van der Waals surface area (Å²) in [7, 11) is 0. The van der Waals surface area contributed by atoms with Crippen LogP contribution in [0.4, 0.5) is 9.59 Å². The highest BCUT2D eigenvalue weighted by atomic mass is 16.6. The maximum absolute atomic E-state index is 13.7. The van der Waals surface area contributed by atoms with Crippen LogP contribution >= 0.6 is 0 Å². The molecule has 12 heteroatoms. The lowest BCUT2D eigenvalue weighted by atomic mass is 9.85. The van der Waals surface area contributed by atoms with Crippen LogP contribution in [0.3, 0.4) is 0 Å². The largest absolute Gasteiger partial charge is 0.460 e. The lowest BCUT2D eigenvalue weighted by Gasteiger charge is -2.35. The lowest BCUT2D eigenvalue weighted by molar-refractivity contribution is -0.163. The van der Waals surface area contributed by atoms with Gasteiger partial charge in [0.05, 0.1) is 11.8 Å². The summed E-state index contributed by atoms with van der Waals surface area (Å²) in [4.78, 5) is 61.5. The highest BCUT2D eigenvalue weighted by Gasteiger charge is 2.41. The number of carbonyl (C=O) groups is 4. The molecule has 3 aliphatic rings. The summed E-state index contributed by atoms with van der Waals surface area (Å²) in [5.74, 6) is -1.23. The Morgan fingerprint density at radius 1 is 0.500 bits per heavy atom. The Morgan fingerprint density at radius 2 is 0.823 bits per heavy atom. The van der Waals surface area contributed by atoms with Crippen LogP contribution in [0.2, 0.25) is 0 Å². The molecule has 0 aliphatic carbocycles. The molecule has 0 aromatic heterocycles. The van der Waals surface area contributed by atoms with Gasteiger partial charge in [-0.15, -0.1) is 0 Å². The predicted molar refractivity (Wildman–Crippen MR) is 241 cm³/mol. The summed E-state index contributed by atoms with van der Waals surface area (Å²) in [6.07, 6.45) is 1.87. The maximum Gasteiger partial charge on any atom is 0.410 e. The highest BCUT2D eigenvalue weighted by molar-refractivity contribution is 5.75. The number of ether oxygens (including phenoxy) is 4. The third-order valence-corrected chi connectivity index (χ3v) is 11.5. The second-order valence-electron chi connectivity index (χ2n) is 21.8. The zero-order chi connectivity index (χ0) is 45.6. The molecule has 12 nitrogen and oxygen atoms in total. The van der Waals surface area contributed by atoms with Crippen LogP contribution in [-0.4, -0.2) is 118 Å². The summed E-state index contributed by atoms with van der Waals surface area (Å²) in [6, 6.07) is 17.1. The molecule has 62 heavy (non-hydrogen) atoms. The first-order valence-electron chi connectivity index (χ1n) is 22.8. The van der Waals surface area contributed by atoms with Crippen molar-refractivity contribution in [2.45, 2.75) is 144 Å². The molecule has 0 spiro atoms. The maximum atomic E-state index is 13.7. The van der Waals surface area contributed by atoms with Gasteiger partial charge in [0, 0.05) is 65.4 Å². The molecule has 3 aliphatic heterocycles. The van der Waals surface area contributed by atoms with Gasteiger partial charge in [0.1, 0.15) is 22.4 Å². The van der Waals surface area contributed by atoms with Crippen molar-refractivity contribution >= 4 is 24.1 Å². The second kappa shape index (κ2) is 20.1. The van der Waals surface area contributed by atoms with Gasteiger partial charge < -0.3 is 28.7 Å². The molecular weight excluding hydrogens is 785 g/mol. The fourth-order valence-corrected chi connectivity index (χ4v) is 8.70. The van der Waals surface area contributed by atoms with Gasteiger partial charge in [-0.25, -0.2) is 9.59 Å². The first-order chi connectivity index (χ1) is 28.8. The fourth-order valence-electron chi connectivity index (χ4n) is 8.70. The molecule has 2 aromatic rings. The van der Waals surface area contributed by atoms with E-state index in [0.717, 1.165) is 63.2 Å². The zero-order valence-corrected chi connectivity index (χ0v) is 39.9. The number of piperazine rings is 1. The van der Waals surface area contributed by atoms with Crippen molar-refractivity contribution in [1.82, 2.24) is 19.6 Å². The molecule has 3 fully saturated rings. The molecule has 3 heterocycles. The van der Waals surface area contributed by atoms with Crippen LogP contribution < -0.4 is 0 Å². The Bertz CT molecular complexity index is 1710. The van der Waals surface area contributed by atoms with Gasteiger partial charge in [-0.05, 0) is 143 Å². The van der Waals surface area contributed by atoms with Crippen LogP contribution in [0.5, 0.6) is 0 Å². The van der Waals surface area contributed by atoms with Gasteiger partial charge in [0.25, 0.3) is 0 Å². The number of amides is 2. The van der Waals surface area contributed by atoms with E-state index in [1.165, 1.54) is 11.1 Å². The van der Waals surface area contributed by atoms with E-state index in [9.17, 15) is 19.2 Å². The first kappa shape index (κ1) is 48.9. The van der Waals surface area contributed by atoms with E-state index in [1.54, 1.807) is 9.80 Å². The number of hydrogen-bond donors (Lipinski definition) is 0. The van der Waals surface area contributed by atoms with E-state index >= 15 is 0 Å². The molecule has 5 rings (SSSR count). The summed E-state index contributed by atoms with van der Waals surface area (Å²) in [6.45, 7) is 30.0. The normalized spacial score (nSPS) is 20.5. The number of rotatable bonds is 12. The number of nitrogens with zero attached hydrogens (tertiary/aromatic N) is 4. The van der Waals surface area contributed by atoms with Crippen molar-refractivity contribution in [1.29, 1.82) is 0 Å². The van der Waals surface area contributed by atoms with Crippen molar-refractivity contribution in [2.24, 2.45) is 23.7 Å². The fraction of sp³-hybridized carbons (Fsp3) is 0.680. The molecule has 0 unspecified atom stereocenters. The molecule has 0 N–H and O–H groups in total. The Labute approximate surface area is 371 Å². The topological polar surface area (TPSA) is 118 Å². The third kappa shape index (κ3) is 15.6. The minimum absolute atomic E-state index is 0.0229. The van der Waals surface area contributed by atoms with Crippen LogP contribution in [0.15, 0.2) is 48.5 Å². The summed E-state index contributed by atoms with van der Waals surface area (Å²) in [5, 5.41) is 0. The number of hydrogen-bond acceptors (Lipinski definition) is 10. The Morgan fingerprint density at radius 3 is 1.15 bits per heavy atom. The molecule has 3 saturated heterocycles. The van der Waals surface area contributed by atoms with Crippen molar-refractivity contribution in [2.75, 3.05) is 52.4 Å². The van der Waals surface area contributed by atoms with Gasteiger partial charge in [0.2, 0.25) is 0 Å². The van der Waals surface area contributed by atoms with E-state index in [0.29, 0.717) is 39.0 Å². The van der Waals surface area contributed by atoms with E-state index < -0.39 is 22.4 Å². The van der Waals surface area contributed by atoms with Crippen LogP contribution in [0.25, 0.3) is 0 Å². The van der Waals surface area contributed by atoms with Gasteiger partial charge in [-0.1, -0.05) is 48.5 Å². The SMILES string of the molecule is CC(C)(C)OC(=O)[C@@H](Cc1cccc(CN2CCN(Cc3cccc(C[C@H](C(=O)OC(C)(C)C)[C@H]4CCN(C(=O)OC(C)(C)C)C4)c3)CC2)c1)[C@@H]1CCN(C(=O)OC(C)(C)C)C1.